The Balaban J connectivity index is 2.20. The molecule has 2 aromatic carbocycles. The fraction of sp³-hybridized carbons (Fsp3) is 0.133. The van der Waals surface area contributed by atoms with E-state index in [2.05, 4.69) is 81.0 Å². The van der Waals surface area contributed by atoms with Crippen molar-refractivity contribution in [2.45, 2.75) is 13.8 Å². The van der Waals surface area contributed by atoms with E-state index in [1.54, 1.807) is 0 Å². The minimum Gasteiger partial charge on any atom is -0.338 e. The summed E-state index contributed by atoms with van der Waals surface area (Å²) in [7, 11) is 0. The van der Waals surface area contributed by atoms with Crippen molar-refractivity contribution in [2.24, 2.45) is 0 Å². The number of rotatable bonds is 1. The van der Waals surface area contributed by atoms with Crippen LogP contribution in [0.1, 0.15) is 11.1 Å². The molecule has 0 aliphatic rings. The van der Waals surface area contributed by atoms with Crippen molar-refractivity contribution < 1.29 is 0 Å². The molecule has 2 nitrogen and oxygen atoms in total. The maximum atomic E-state index is 4.70. The van der Waals surface area contributed by atoms with Crippen LogP contribution in [0, 0.1) is 13.8 Å². The first-order chi connectivity index (χ1) is 9.04. The summed E-state index contributed by atoms with van der Waals surface area (Å²) in [6.07, 6.45) is 0. The molecule has 3 rings (SSSR count). The number of benzene rings is 2. The Kier molecular flexibility index (Phi) is 3.23. The third kappa shape index (κ3) is 2.35. The molecule has 0 amide bonds. The summed E-state index contributed by atoms with van der Waals surface area (Å²) < 4.78 is 2.17. The summed E-state index contributed by atoms with van der Waals surface area (Å²) in [4.78, 5) is 8.08. The van der Waals surface area contributed by atoms with Crippen LogP contribution in [0.2, 0.25) is 0 Å². The van der Waals surface area contributed by atoms with Gasteiger partial charge in [-0.2, -0.15) is 0 Å². The highest BCUT2D eigenvalue weighted by molar-refractivity contribution is 9.10. The number of nitrogens with zero attached hydrogens (tertiary/aromatic N) is 1. The molecule has 0 aliphatic heterocycles. The molecule has 0 spiro atoms. The first kappa shape index (κ1) is 12.9. The van der Waals surface area contributed by atoms with E-state index >= 15 is 0 Å². The number of halogens is 2. The van der Waals surface area contributed by atoms with Crippen molar-refractivity contribution in [2.75, 3.05) is 0 Å². The van der Waals surface area contributed by atoms with Crippen LogP contribution < -0.4 is 0 Å². The third-order valence-corrected chi connectivity index (χ3v) is 4.50. The van der Waals surface area contributed by atoms with Crippen molar-refractivity contribution in [3.8, 4) is 11.4 Å². The van der Waals surface area contributed by atoms with Crippen LogP contribution in [0.5, 0.6) is 0 Å². The molecule has 0 bridgehead atoms. The number of aromatic amines is 1. The molecule has 96 valence electrons. The van der Waals surface area contributed by atoms with Crippen molar-refractivity contribution in [3.63, 3.8) is 0 Å². The monoisotopic (exact) mass is 378 g/mol. The lowest BCUT2D eigenvalue weighted by Gasteiger charge is -2.00. The first-order valence-corrected chi connectivity index (χ1v) is 7.55. The van der Waals surface area contributed by atoms with Gasteiger partial charge in [-0.3, -0.25) is 0 Å². The molecule has 3 aromatic rings. The Morgan fingerprint density at radius 1 is 1.00 bits per heavy atom. The lowest BCUT2D eigenvalue weighted by molar-refractivity contribution is 1.31. The molecule has 0 saturated carbocycles. The fourth-order valence-electron chi connectivity index (χ4n) is 2.12. The third-order valence-electron chi connectivity index (χ3n) is 3.19. The summed E-state index contributed by atoms with van der Waals surface area (Å²) >= 11 is 7.08. The summed E-state index contributed by atoms with van der Waals surface area (Å²) in [6.45, 7) is 4.15. The zero-order valence-electron chi connectivity index (χ0n) is 10.6. The highest BCUT2D eigenvalue weighted by atomic mass is 79.9. The van der Waals surface area contributed by atoms with Crippen molar-refractivity contribution >= 4 is 42.9 Å². The van der Waals surface area contributed by atoms with E-state index in [0.717, 1.165) is 36.9 Å². The number of hydrogen-bond donors (Lipinski definition) is 1. The van der Waals surface area contributed by atoms with Gasteiger partial charge < -0.3 is 4.98 Å². The zero-order chi connectivity index (χ0) is 13.6. The van der Waals surface area contributed by atoms with Crippen LogP contribution in [0.15, 0.2) is 39.3 Å². The lowest BCUT2D eigenvalue weighted by Crippen LogP contribution is -1.82. The van der Waals surface area contributed by atoms with Gasteiger partial charge in [-0.05, 0) is 43.2 Å². The number of nitrogens with one attached hydrogen (secondary N) is 1. The number of H-pyrrole nitrogens is 1. The minimum atomic E-state index is 0.900. The van der Waals surface area contributed by atoms with Crippen LogP contribution in [-0.4, -0.2) is 9.97 Å². The minimum absolute atomic E-state index is 0.900. The largest absolute Gasteiger partial charge is 0.338 e. The summed E-state index contributed by atoms with van der Waals surface area (Å²) in [6, 6.07) is 10.4. The van der Waals surface area contributed by atoms with E-state index in [1.807, 2.05) is 0 Å². The molecule has 1 heterocycles. The van der Waals surface area contributed by atoms with Gasteiger partial charge in [0.15, 0.2) is 0 Å². The molecular weight excluding hydrogens is 368 g/mol. The van der Waals surface area contributed by atoms with Crippen LogP contribution in [0.25, 0.3) is 22.4 Å². The van der Waals surface area contributed by atoms with E-state index < -0.39 is 0 Å². The fourth-order valence-corrected chi connectivity index (χ4v) is 3.07. The van der Waals surface area contributed by atoms with E-state index in [0.29, 0.717) is 0 Å². The maximum Gasteiger partial charge on any atom is 0.138 e. The van der Waals surface area contributed by atoms with Gasteiger partial charge in [-0.15, -0.1) is 0 Å². The SMILES string of the molecule is Cc1ccc(-c2nc3c(C)cc(Br)cc3[nH]2)cc1Br. The molecule has 1 aromatic heterocycles. The summed E-state index contributed by atoms with van der Waals surface area (Å²) in [5, 5.41) is 0. The highest BCUT2D eigenvalue weighted by Gasteiger charge is 2.09. The van der Waals surface area contributed by atoms with E-state index in [4.69, 9.17) is 4.98 Å². The quantitative estimate of drug-likeness (QED) is 0.604. The number of hydrogen-bond acceptors (Lipinski definition) is 1. The van der Waals surface area contributed by atoms with Gasteiger partial charge in [0.2, 0.25) is 0 Å². The molecule has 0 saturated heterocycles. The van der Waals surface area contributed by atoms with E-state index in [1.165, 1.54) is 5.56 Å². The van der Waals surface area contributed by atoms with Crippen LogP contribution in [-0.2, 0) is 0 Å². The van der Waals surface area contributed by atoms with Gasteiger partial charge in [0.1, 0.15) is 5.82 Å². The molecule has 4 heteroatoms. The Hall–Kier alpha value is -1.13. The number of fused-ring (bicyclic) bond motifs is 1. The normalized spacial score (nSPS) is 11.2. The standard InChI is InChI=1S/C15H12Br2N2/c1-8-3-4-10(6-12(8)17)15-18-13-7-11(16)5-9(2)14(13)19-15/h3-7H,1-2H3,(H,18,19). The molecular formula is C15H12Br2N2. The van der Waals surface area contributed by atoms with Crippen molar-refractivity contribution in [1.82, 2.24) is 9.97 Å². The summed E-state index contributed by atoms with van der Waals surface area (Å²) in [5.74, 6) is 0.900. The second-order valence-electron chi connectivity index (χ2n) is 4.67. The van der Waals surface area contributed by atoms with Gasteiger partial charge in [0, 0.05) is 14.5 Å². The molecule has 0 fully saturated rings. The second kappa shape index (κ2) is 4.76. The van der Waals surface area contributed by atoms with Gasteiger partial charge in [0.25, 0.3) is 0 Å². The molecule has 0 atom stereocenters. The van der Waals surface area contributed by atoms with Gasteiger partial charge in [0.05, 0.1) is 11.0 Å². The number of aromatic nitrogens is 2. The van der Waals surface area contributed by atoms with Crippen LogP contribution in [0.3, 0.4) is 0 Å². The zero-order valence-corrected chi connectivity index (χ0v) is 13.8. The topological polar surface area (TPSA) is 28.7 Å². The molecule has 19 heavy (non-hydrogen) atoms. The van der Waals surface area contributed by atoms with Gasteiger partial charge in [-0.1, -0.05) is 44.0 Å². The molecule has 0 aliphatic carbocycles. The lowest BCUT2D eigenvalue weighted by atomic mass is 10.1. The number of aryl methyl sites for hydroxylation is 2. The molecule has 0 unspecified atom stereocenters. The van der Waals surface area contributed by atoms with E-state index in [9.17, 15) is 0 Å². The van der Waals surface area contributed by atoms with E-state index in [-0.39, 0.29) is 0 Å². The average Bonchev–Trinajstić information content (AvgIpc) is 2.76. The van der Waals surface area contributed by atoms with Crippen molar-refractivity contribution in [1.29, 1.82) is 0 Å². The predicted molar refractivity (Wildman–Crippen MR) is 86.4 cm³/mol. The smallest absolute Gasteiger partial charge is 0.138 e. The Morgan fingerprint density at radius 3 is 2.53 bits per heavy atom. The van der Waals surface area contributed by atoms with Gasteiger partial charge in [-0.25, -0.2) is 4.98 Å². The second-order valence-corrected chi connectivity index (χ2v) is 6.44. The predicted octanol–water partition coefficient (Wildman–Crippen LogP) is 5.37. The molecule has 0 radical (unpaired) electrons. The highest BCUT2D eigenvalue weighted by Crippen LogP contribution is 2.28. The number of imidazole rings is 1. The first-order valence-electron chi connectivity index (χ1n) is 5.97. The Bertz CT molecular complexity index is 775. The van der Waals surface area contributed by atoms with Crippen LogP contribution in [0.4, 0.5) is 0 Å². The van der Waals surface area contributed by atoms with Gasteiger partial charge >= 0.3 is 0 Å². The summed E-state index contributed by atoms with van der Waals surface area (Å²) in [5.41, 5.74) is 5.55. The molecule has 1 N–H and O–H groups in total. The van der Waals surface area contributed by atoms with Crippen molar-refractivity contribution in [3.05, 3.63) is 50.4 Å². The Labute approximate surface area is 128 Å². The van der Waals surface area contributed by atoms with Crippen LogP contribution >= 0.6 is 31.9 Å². The maximum absolute atomic E-state index is 4.70. The Morgan fingerprint density at radius 2 is 1.79 bits per heavy atom. The average molecular weight is 380 g/mol.